The predicted octanol–water partition coefficient (Wildman–Crippen LogP) is 7.23. The summed E-state index contributed by atoms with van der Waals surface area (Å²) in [6, 6.07) is 12.6. The van der Waals surface area contributed by atoms with Crippen molar-refractivity contribution >= 4 is 0 Å². The fourth-order valence-corrected chi connectivity index (χ4v) is 4.80. The topological polar surface area (TPSA) is 31.0 Å². The number of halogens is 4. The molecule has 0 N–H and O–H groups in total. The summed E-state index contributed by atoms with van der Waals surface area (Å²) in [4.78, 5) is 0. The van der Waals surface area contributed by atoms with Crippen molar-refractivity contribution in [2.24, 2.45) is 0 Å². The lowest BCUT2D eigenvalue weighted by Crippen LogP contribution is -2.20. The molecular formula is C28H26F4O3. The minimum atomic E-state index is -0.931. The molecule has 1 aliphatic carbocycles. The Labute approximate surface area is 201 Å². The van der Waals surface area contributed by atoms with Crippen molar-refractivity contribution in [1.29, 1.82) is 0 Å². The Morgan fingerprint density at radius 2 is 1.43 bits per heavy atom. The largest absolute Gasteiger partial charge is 0.489 e. The van der Waals surface area contributed by atoms with Gasteiger partial charge in [0.15, 0.2) is 23.3 Å². The fourth-order valence-electron chi connectivity index (χ4n) is 4.80. The van der Waals surface area contributed by atoms with Gasteiger partial charge in [0.2, 0.25) is 0 Å². The van der Waals surface area contributed by atoms with Crippen LogP contribution >= 0.6 is 0 Å². The average Bonchev–Trinajstić information content (AvgIpc) is 3.72. The van der Waals surface area contributed by atoms with E-state index in [1.54, 1.807) is 43.5 Å². The molecule has 2 fully saturated rings. The first-order valence-corrected chi connectivity index (χ1v) is 11.8. The monoisotopic (exact) mass is 486 g/mol. The molecule has 1 saturated carbocycles. The predicted molar refractivity (Wildman–Crippen MR) is 123 cm³/mol. The molecule has 184 valence electrons. The number of benzene rings is 3. The van der Waals surface area contributed by atoms with Crippen LogP contribution in [0, 0.1) is 23.3 Å². The molecule has 3 aromatic carbocycles. The second kappa shape index (κ2) is 9.99. The van der Waals surface area contributed by atoms with Crippen molar-refractivity contribution in [1.82, 2.24) is 0 Å². The van der Waals surface area contributed by atoms with E-state index in [1.807, 2.05) is 0 Å². The average molecular weight is 487 g/mol. The summed E-state index contributed by atoms with van der Waals surface area (Å²) in [5.74, 6) is -3.17. The molecule has 5 rings (SSSR count). The maximum atomic E-state index is 14.8. The summed E-state index contributed by atoms with van der Waals surface area (Å²) in [6.07, 6.45) is 3.00. The van der Waals surface area contributed by atoms with E-state index < -0.39 is 23.3 Å². The fraction of sp³-hybridized carbons (Fsp3) is 0.357. The maximum absolute atomic E-state index is 14.8. The van der Waals surface area contributed by atoms with Crippen LogP contribution < -0.4 is 4.74 Å². The molecule has 1 atom stereocenters. The highest BCUT2D eigenvalue weighted by Crippen LogP contribution is 2.37. The second-order valence-corrected chi connectivity index (χ2v) is 9.12. The van der Waals surface area contributed by atoms with Gasteiger partial charge in [-0.15, -0.1) is 0 Å². The van der Waals surface area contributed by atoms with E-state index in [-0.39, 0.29) is 41.4 Å². The van der Waals surface area contributed by atoms with Crippen LogP contribution in [0.15, 0.2) is 48.5 Å². The minimum absolute atomic E-state index is 0.0190. The van der Waals surface area contributed by atoms with Crippen molar-refractivity contribution in [2.45, 2.75) is 50.4 Å². The molecule has 3 aromatic rings. The van der Waals surface area contributed by atoms with Gasteiger partial charge in [0.1, 0.15) is 18.5 Å². The van der Waals surface area contributed by atoms with Gasteiger partial charge < -0.3 is 14.2 Å². The molecule has 1 heterocycles. The molecule has 7 heteroatoms. The zero-order valence-corrected chi connectivity index (χ0v) is 19.3. The molecule has 35 heavy (non-hydrogen) atoms. The number of rotatable bonds is 7. The van der Waals surface area contributed by atoms with Crippen LogP contribution in [0.5, 0.6) is 5.75 Å². The van der Waals surface area contributed by atoms with E-state index >= 15 is 0 Å². The summed E-state index contributed by atoms with van der Waals surface area (Å²) >= 11 is 0. The van der Waals surface area contributed by atoms with Gasteiger partial charge >= 0.3 is 0 Å². The SMILES string of the molecule is COC1CCC(c2ccc(COc3ccc(-c4ccc(C5CO5)c(F)c4F)cc3)c(F)c2F)CC1. The lowest BCUT2D eigenvalue weighted by atomic mass is 9.82. The van der Waals surface area contributed by atoms with E-state index in [1.165, 1.54) is 12.1 Å². The molecule has 3 nitrogen and oxygen atoms in total. The smallest absolute Gasteiger partial charge is 0.167 e. The van der Waals surface area contributed by atoms with E-state index in [0.717, 1.165) is 25.7 Å². The van der Waals surface area contributed by atoms with Gasteiger partial charge in [-0.25, -0.2) is 17.6 Å². The number of hydrogen-bond donors (Lipinski definition) is 0. The summed E-state index contributed by atoms with van der Waals surface area (Å²) in [5, 5.41) is 0. The minimum Gasteiger partial charge on any atom is -0.489 e. The normalized spacial score (nSPS) is 21.7. The molecule has 0 amide bonds. The van der Waals surface area contributed by atoms with Gasteiger partial charge in [-0.2, -0.15) is 0 Å². The van der Waals surface area contributed by atoms with Gasteiger partial charge in [0.25, 0.3) is 0 Å². The van der Waals surface area contributed by atoms with E-state index in [4.69, 9.17) is 14.2 Å². The Kier molecular flexibility index (Phi) is 6.80. The first-order chi connectivity index (χ1) is 17.0. The molecule has 0 aromatic heterocycles. The number of hydrogen-bond acceptors (Lipinski definition) is 3. The van der Waals surface area contributed by atoms with Crippen molar-refractivity contribution in [3.05, 3.63) is 88.5 Å². The summed E-state index contributed by atoms with van der Waals surface area (Å²) < 4.78 is 74.5. The number of methoxy groups -OCH3 is 1. The lowest BCUT2D eigenvalue weighted by molar-refractivity contribution is 0.0655. The first-order valence-electron chi connectivity index (χ1n) is 11.8. The Balaban J connectivity index is 1.25. The van der Waals surface area contributed by atoms with Crippen LogP contribution in [0.1, 0.15) is 54.4 Å². The van der Waals surface area contributed by atoms with Gasteiger partial charge in [-0.1, -0.05) is 36.4 Å². The second-order valence-electron chi connectivity index (χ2n) is 9.12. The van der Waals surface area contributed by atoms with Crippen LogP contribution in [0.3, 0.4) is 0 Å². The Morgan fingerprint density at radius 3 is 2.09 bits per heavy atom. The molecule has 1 unspecified atom stereocenters. The summed E-state index contributed by atoms with van der Waals surface area (Å²) in [5.41, 5.74) is 1.34. The molecule has 2 aliphatic rings. The molecule has 0 spiro atoms. The molecular weight excluding hydrogens is 460 g/mol. The van der Waals surface area contributed by atoms with Crippen LogP contribution in [0.25, 0.3) is 11.1 Å². The molecule has 0 radical (unpaired) electrons. The van der Waals surface area contributed by atoms with Gasteiger partial charge in [0, 0.05) is 23.8 Å². The van der Waals surface area contributed by atoms with Crippen molar-refractivity contribution in [3.8, 4) is 16.9 Å². The van der Waals surface area contributed by atoms with Crippen LogP contribution in [-0.2, 0) is 16.1 Å². The Hall–Kier alpha value is -2.90. The van der Waals surface area contributed by atoms with E-state index in [0.29, 0.717) is 23.5 Å². The van der Waals surface area contributed by atoms with Crippen molar-refractivity contribution < 1.29 is 31.8 Å². The standard InChI is InChI=1S/C28H26F4O3/c1-33-19-7-2-16(3-8-19)21-11-6-18(25(29)26(21)30)14-34-20-9-4-17(5-10-20)22-12-13-23(24-15-35-24)28(32)27(22)31/h4-6,9-13,16,19,24H,2-3,7-8,14-15H2,1H3. The summed E-state index contributed by atoms with van der Waals surface area (Å²) in [6.45, 7) is 0.238. The van der Waals surface area contributed by atoms with Gasteiger partial charge in [-0.05, 0) is 54.9 Å². The van der Waals surface area contributed by atoms with Crippen LogP contribution in [-0.4, -0.2) is 19.8 Å². The van der Waals surface area contributed by atoms with Crippen LogP contribution in [0.4, 0.5) is 17.6 Å². The summed E-state index contributed by atoms with van der Waals surface area (Å²) in [7, 11) is 1.67. The van der Waals surface area contributed by atoms with E-state index in [9.17, 15) is 17.6 Å². The van der Waals surface area contributed by atoms with E-state index in [2.05, 4.69) is 0 Å². The lowest BCUT2D eigenvalue weighted by Gasteiger charge is -2.28. The third-order valence-corrected chi connectivity index (χ3v) is 6.99. The highest BCUT2D eigenvalue weighted by Gasteiger charge is 2.30. The third-order valence-electron chi connectivity index (χ3n) is 6.99. The highest BCUT2D eigenvalue weighted by molar-refractivity contribution is 5.65. The zero-order valence-electron chi connectivity index (χ0n) is 19.3. The highest BCUT2D eigenvalue weighted by atomic mass is 19.2. The van der Waals surface area contributed by atoms with Gasteiger partial charge in [0.05, 0.1) is 12.7 Å². The number of ether oxygens (including phenoxy) is 3. The first kappa shape index (κ1) is 23.8. The number of epoxide rings is 1. The maximum Gasteiger partial charge on any atom is 0.167 e. The quantitative estimate of drug-likeness (QED) is 0.261. The molecule has 1 aliphatic heterocycles. The van der Waals surface area contributed by atoms with Crippen molar-refractivity contribution in [2.75, 3.05) is 13.7 Å². The Bertz CT molecular complexity index is 1200. The van der Waals surface area contributed by atoms with Crippen LogP contribution in [0.2, 0.25) is 0 Å². The molecule has 0 bridgehead atoms. The zero-order chi connectivity index (χ0) is 24.5. The van der Waals surface area contributed by atoms with Gasteiger partial charge in [-0.3, -0.25) is 0 Å². The Morgan fingerprint density at radius 1 is 0.771 bits per heavy atom. The molecule has 1 saturated heterocycles. The van der Waals surface area contributed by atoms with Crippen molar-refractivity contribution in [3.63, 3.8) is 0 Å². The third kappa shape index (κ3) is 4.93.